The molecule has 0 aliphatic heterocycles. The second-order valence-electron chi connectivity index (χ2n) is 5.82. The van der Waals surface area contributed by atoms with Crippen LogP contribution in [0.3, 0.4) is 0 Å². The number of halogens is 1. The first-order valence-corrected chi connectivity index (χ1v) is 9.62. The molecule has 1 amide bonds. The number of hydrogen-bond acceptors (Lipinski definition) is 3. The van der Waals surface area contributed by atoms with Crippen LogP contribution in [-0.2, 0) is 11.2 Å². The van der Waals surface area contributed by atoms with Gasteiger partial charge in [0, 0.05) is 11.6 Å². The minimum absolute atomic E-state index is 0.0434. The summed E-state index contributed by atoms with van der Waals surface area (Å²) in [4.78, 5) is 19.9. The van der Waals surface area contributed by atoms with Gasteiger partial charge in [-0.25, -0.2) is 4.98 Å². The number of para-hydroxylation sites is 2. The SMILES string of the molecule is C[C@@H](SCC(=O)NCCc1ccc(Cl)cc1)c1nc2ccccc2[nH]1. The molecule has 25 heavy (non-hydrogen) atoms. The number of hydrogen-bond donors (Lipinski definition) is 2. The van der Waals surface area contributed by atoms with Crippen LogP contribution in [0.5, 0.6) is 0 Å². The van der Waals surface area contributed by atoms with Crippen LogP contribution in [0.2, 0.25) is 5.02 Å². The lowest BCUT2D eigenvalue weighted by Gasteiger charge is -2.09. The Kier molecular flexibility index (Phi) is 6.00. The molecule has 0 saturated heterocycles. The molecule has 0 aliphatic carbocycles. The zero-order valence-corrected chi connectivity index (χ0v) is 15.5. The highest BCUT2D eigenvalue weighted by Crippen LogP contribution is 2.27. The Morgan fingerprint density at radius 1 is 1.24 bits per heavy atom. The van der Waals surface area contributed by atoms with Gasteiger partial charge in [0.1, 0.15) is 5.82 Å². The highest BCUT2D eigenvalue weighted by Gasteiger charge is 2.13. The van der Waals surface area contributed by atoms with Crippen LogP contribution < -0.4 is 5.32 Å². The lowest BCUT2D eigenvalue weighted by atomic mass is 10.1. The number of carbonyl (C=O) groups excluding carboxylic acids is 1. The second-order valence-corrected chi connectivity index (χ2v) is 7.58. The lowest BCUT2D eigenvalue weighted by Crippen LogP contribution is -2.27. The van der Waals surface area contributed by atoms with Crippen molar-refractivity contribution in [2.24, 2.45) is 0 Å². The molecule has 3 rings (SSSR count). The van der Waals surface area contributed by atoms with Gasteiger partial charge in [0.25, 0.3) is 0 Å². The molecule has 0 aliphatic rings. The standard InChI is InChI=1S/C19H20ClN3OS/c1-13(19-22-16-4-2-3-5-17(16)23-19)25-12-18(24)21-11-10-14-6-8-15(20)9-7-14/h2-9,13H,10-12H2,1H3,(H,21,24)(H,22,23)/t13-/m1/s1. The van der Waals surface area contributed by atoms with E-state index in [-0.39, 0.29) is 11.2 Å². The fraction of sp³-hybridized carbons (Fsp3) is 0.263. The molecule has 1 atom stereocenters. The Morgan fingerprint density at radius 3 is 2.76 bits per heavy atom. The number of imidazole rings is 1. The summed E-state index contributed by atoms with van der Waals surface area (Å²) in [7, 11) is 0. The van der Waals surface area contributed by atoms with Crippen molar-refractivity contribution in [3.05, 3.63) is 64.9 Å². The number of amides is 1. The first-order valence-electron chi connectivity index (χ1n) is 8.19. The van der Waals surface area contributed by atoms with Crippen molar-refractivity contribution >= 4 is 40.3 Å². The van der Waals surface area contributed by atoms with E-state index in [0.29, 0.717) is 12.3 Å². The summed E-state index contributed by atoms with van der Waals surface area (Å²) in [6.45, 7) is 2.68. The Morgan fingerprint density at radius 2 is 2.00 bits per heavy atom. The topological polar surface area (TPSA) is 57.8 Å². The van der Waals surface area contributed by atoms with Gasteiger partial charge in [-0.2, -0.15) is 0 Å². The van der Waals surface area contributed by atoms with Crippen LogP contribution in [0.15, 0.2) is 48.5 Å². The van der Waals surface area contributed by atoms with Gasteiger partial charge in [0.2, 0.25) is 5.91 Å². The van der Waals surface area contributed by atoms with Crippen LogP contribution in [0.4, 0.5) is 0 Å². The van der Waals surface area contributed by atoms with Gasteiger partial charge in [-0.3, -0.25) is 4.79 Å². The molecule has 1 aromatic heterocycles. The Balaban J connectivity index is 1.42. The fourth-order valence-corrected chi connectivity index (χ4v) is 3.39. The van der Waals surface area contributed by atoms with E-state index in [9.17, 15) is 4.79 Å². The van der Waals surface area contributed by atoms with Crippen molar-refractivity contribution in [2.75, 3.05) is 12.3 Å². The average Bonchev–Trinajstić information content (AvgIpc) is 3.05. The van der Waals surface area contributed by atoms with Crippen molar-refractivity contribution in [3.8, 4) is 0 Å². The summed E-state index contributed by atoms with van der Waals surface area (Å²) in [6.07, 6.45) is 0.798. The third-order valence-corrected chi connectivity index (χ3v) is 5.31. The van der Waals surface area contributed by atoms with Gasteiger partial charge in [0.15, 0.2) is 0 Å². The van der Waals surface area contributed by atoms with Gasteiger partial charge in [0.05, 0.1) is 22.0 Å². The molecular weight excluding hydrogens is 354 g/mol. The van der Waals surface area contributed by atoms with E-state index in [0.717, 1.165) is 33.9 Å². The Hall–Kier alpha value is -1.98. The van der Waals surface area contributed by atoms with Crippen LogP contribution in [0.1, 0.15) is 23.6 Å². The minimum atomic E-state index is 0.0434. The number of aromatic amines is 1. The Labute approximate surface area is 156 Å². The molecule has 0 fully saturated rings. The fourth-order valence-electron chi connectivity index (χ4n) is 2.49. The smallest absolute Gasteiger partial charge is 0.230 e. The molecule has 2 aromatic carbocycles. The quantitative estimate of drug-likeness (QED) is 0.646. The number of benzene rings is 2. The predicted octanol–water partition coefficient (Wildman–Crippen LogP) is 4.37. The van der Waals surface area contributed by atoms with E-state index >= 15 is 0 Å². The molecule has 0 unspecified atom stereocenters. The van der Waals surface area contributed by atoms with Crippen LogP contribution in [-0.4, -0.2) is 28.2 Å². The number of rotatable bonds is 7. The number of fused-ring (bicyclic) bond motifs is 1. The number of H-pyrrole nitrogens is 1. The zero-order valence-electron chi connectivity index (χ0n) is 14.0. The molecule has 3 aromatic rings. The van der Waals surface area contributed by atoms with Crippen molar-refractivity contribution in [2.45, 2.75) is 18.6 Å². The van der Waals surface area contributed by atoms with E-state index in [1.807, 2.05) is 48.5 Å². The number of carbonyl (C=O) groups is 1. The largest absolute Gasteiger partial charge is 0.355 e. The molecule has 130 valence electrons. The molecule has 2 N–H and O–H groups in total. The summed E-state index contributed by atoms with van der Waals surface area (Å²) in [5.74, 6) is 1.36. The third-order valence-electron chi connectivity index (χ3n) is 3.91. The molecule has 0 radical (unpaired) electrons. The maximum absolute atomic E-state index is 12.0. The molecule has 0 saturated carbocycles. The monoisotopic (exact) mass is 373 g/mol. The van der Waals surface area contributed by atoms with E-state index in [4.69, 9.17) is 11.6 Å². The van der Waals surface area contributed by atoms with E-state index in [1.165, 1.54) is 0 Å². The zero-order chi connectivity index (χ0) is 17.6. The molecule has 0 bridgehead atoms. The molecule has 4 nitrogen and oxygen atoms in total. The summed E-state index contributed by atoms with van der Waals surface area (Å²) in [5.41, 5.74) is 3.14. The van der Waals surface area contributed by atoms with Crippen LogP contribution >= 0.6 is 23.4 Å². The maximum atomic E-state index is 12.0. The average molecular weight is 374 g/mol. The summed E-state index contributed by atoms with van der Waals surface area (Å²) >= 11 is 7.44. The summed E-state index contributed by atoms with van der Waals surface area (Å²) < 4.78 is 0. The molecular formula is C19H20ClN3OS. The van der Waals surface area contributed by atoms with Gasteiger partial charge in [-0.05, 0) is 43.2 Å². The van der Waals surface area contributed by atoms with Gasteiger partial charge in [-0.1, -0.05) is 35.9 Å². The first kappa shape index (κ1) is 17.8. The normalized spacial score (nSPS) is 12.2. The van der Waals surface area contributed by atoms with Crippen molar-refractivity contribution in [1.82, 2.24) is 15.3 Å². The van der Waals surface area contributed by atoms with E-state index in [1.54, 1.807) is 11.8 Å². The highest BCUT2D eigenvalue weighted by molar-refractivity contribution is 8.00. The minimum Gasteiger partial charge on any atom is -0.355 e. The van der Waals surface area contributed by atoms with E-state index < -0.39 is 0 Å². The van der Waals surface area contributed by atoms with Gasteiger partial charge in [-0.15, -0.1) is 11.8 Å². The highest BCUT2D eigenvalue weighted by atomic mass is 35.5. The summed E-state index contributed by atoms with van der Waals surface area (Å²) in [6, 6.07) is 15.6. The molecule has 1 heterocycles. The van der Waals surface area contributed by atoms with Crippen molar-refractivity contribution in [3.63, 3.8) is 0 Å². The molecule has 6 heteroatoms. The molecule has 0 spiro atoms. The van der Waals surface area contributed by atoms with Gasteiger partial charge >= 0.3 is 0 Å². The van der Waals surface area contributed by atoms with Crippen molar-refractivity contribution < 1.29 is 4.79 Å². The number of aromatic nitrogens is 2. The second kappa shape index (κ2) is 8.41. The Bertz CT molecular complexity index is 814. The third kappa shape index (κ3) is 5.00. The van der Waals surface area contributed by atoms with Crippen LogP contribution in [0, 0.1) is 0 Å². The maximum Gasteiger partial charge on any atom is 0.230 e. The number of thioether (sulfide) groups is 1. The predicted molar refractivity (Wildman–Crippen MR) is 105 cm³/mol. The van der Waals surface area contributed by atoms with Gasteiger partial charge < -0.3 is 10.3 Å². The van der Waals surface area contributed by atoms with E-state index in [2.05, 4.69) is 22.2 Å². The lowest BCUT2D eigenvalue weighted by molar-refractivity contribution is -0.118. The number of nitrogens with one attached hydrogen (secondary N) is 2. The first-order chi connectivity index (χ1) is 12.1. The van der Waals surface area contributed by atoms with Crippen molar-refractivity contribution in [1.29, 1.82) is 0 Å². The number of nitrogens with zero attached hydrogens (tertiary/aromatic N) is 1. The van der Waals surface area contributed by atoms with Crippen LogP contribution in [0.25, 0.3) is 11.0 Å². The summed E-state index contributed by atoms with van der Waals surface area (Å²) in [5, 5.41) is 3.82.